The molecule has 2 aliphatic heterocycles. The van der Waals surface area contributed by atoms with E-state index in [-0.39, 0.29) is 5.82 Å². The molecule has 1 N–H and O–H groups in total. The maximum absolute atomic E-state index is 13.7. The van der Waals surface area contributed by atoms with Crippen LogP contribution in [0.1, 0.15) is 25.7 Å². The van der Waals surface area contributed by atoms with E-state index in [1.165, 1.54) is 25.3 Å². The predicted molar refractivity (Wildman–Crippen MR) is 64.5 cm³/mol. The van der Waals surface area contributed by atoms with Gasteiger partial charge in [-0.1, -0.05) is 6.07 Å². The van der Waals surface area contributed by atoms with E-state index in [1.807, 2.05) is 12.1 Å². The van der Waals surface area contributed by atoms with Crippen molar-refractivity contribution in [2.24, 2.45) is 0 Å². The van der Waals surface area contributed by atoms with Crippen LogP contribution in [0.3, 0.4) is 0 Å². The lowest BCUT2D eigenvalue weighted by atomic mass is 9.99. The number of hydrogen-bond acceptors (Lipinski definition) is 2. The highest BCUT2D eigenvalue weighted by atomic mass is 19.1. The Morgan fingerprint density at radius 2 is 2.19 bits per heavy atom. The van der Waals surface area contributed by atoms with Crippen molar-refractivity contribution in [3.05, 3.63) is 24.0 Å². The summed E-state index contributed by atoms with van der Waals surface area (Å²) >= 11 is 0. The molecule has 86 valence electrons. The van der Waals surface area contributed by atoms with E-state index >= 15 is 0 Å². The Labute approximate surface area is 95.4 Å². The van der Waals surface area contributed by atoms with Crippen molar-refractivity contribution in [1.82, 2.24) is 0 Å². The van der Waals surface area contributed by atoms with Gasteiger partial charge in [0.05, 0.1) is 11.4 Å². The summed E-state index contributed by atoms with van der Waals surface area (Å²) in [6.45, 7) is 1.96. The Morgan fingerprint density at radius 3 is 3.12 bits per heavy atom. The van der Waals surface area contributed by atoms with Crippen molar-refractivity contribution < 1.29 is 4.39 Å². The first kappa shape index (κ1) is 9.94. The molecular formula is C13H17FN2. The molecule has 1 atom stereocenters. The first-order valence-electron chi connectivity index (χ1n) is 6.15. The minimum Gasteiger partial charge on any atom is -0.381 e. The van der Waals surface area contributed by atoms with E-state index < -0.39 is 0 Å². The van der Waals surface area contributed by atoms with Crippen molar-refractivity contribution >= 4 is 11.4 Å². The summed E-state index contributed by atoms with van der Waals surface area (Å²) in [5.41, 5.74) is 1.76. The van der Waals surface area contributed by atoms with Crippen LogP contribution in [0, 0.1) is 5.82 Å². The van der Waals surface area contributed by atoms with Crippen LogP contribution in [0.2, 0.25) is 0 Å². The van der Waals surface area contributed by atoms with Gasteiger partial charge in [0.2, 0.25) is 0 Å². The lowest BCUT2D eigenvalue weighted by molar-refractivity contribution is 0.449. The van der Waals surface area contributed by atoms with Crippen molar-refractivity contribution in [3.63, 3.8) is 0 Å². The summed E-state index contributed by atoms with van der Waals surface area (Å²) in [7, 11) is 0. The molecule has 2 heterocycles. The number of piperidine rings is 1. The van der Waals surface area contributed by atoms with Gasteiger partial charge in [-0.15, -0.1) is 0 Å². The van der Waals surface area contributed by atoms with E-state index in [0.29, 0.717) is 11.7 Å². The monoisotopic (exact) mass is 220 g/mol. The van der Waals surface area contributed by atoms with Crippen LogP contribution in [-0.2, 0) is 0 Å². The van der Waals surface area contributed by atoms with Gasteiger partial charge in [0.25, 0.3) is 0 Å². The van der Waals surface area contributed by atoms with Gasteiger partial charge >= 0.3 is 0 Å². The molecule has 0 aromatic heterocycles. The molecule has 2 aliphatic rings. The van der Waals surface area contributed by atoms with E-state index in [1.54, 1.807) is 0 Å². The van der Waals surface area contributed by atoms with Crippen LogP contribution in [0.4, 0.5) is 15.8 Å². The average molecular weight is 220 g/mol. The quantitative estimate of drug-likeness (QED) is 0.723. The number of para-hydroxylation sites is 1. The minimum atomic E-state index is -0.122. The number of fused-ring (bicyclic) bond motifs is 3. The summed E-state index contributed by atoms with van der Waals surface area (Å²) in [6, 6.07) is 5.99. The second-order valence-corrected chi connectivity index (χ2v) is 4.69. The minimum absolute atomic E-state index is 0.122. The van der Waals surface area contributed by atoms with Gasteiger partial charge in [0.1, 0.15) is 5.82 Å². The lowest BCUT2D eigenvalue weighted by Gasteiger charge is -2.36. The third-order valence-electron chi connectivity index (χ3n) is 3.71. The van der Waals surface area contributed by atoms with Crippen molar-refractivity contribution in [2.45, 2.75) is 31.7 Å². The summed E-state index contributed by atoms with van der Waals surface area (Å²) in [5, 5.41) is 3.23. The van der Waals surface area contributed by atoms with Crippen molar-refractivity contribution in [1.29, 1.82) is 0 Å². The second kappa shape index (κ2) is 3.96. The van der Waals surface area contributed by atoms with Gasteiger partial charge in [0.15, 0.2) is 0 Å². The number of halogens is 1. The molecule has 1 aromatic carbocycles. The molecule has 0 spiro atoms. The molecule has 16 heavy (non-hydrogen) atoms. The number of nitrogens with zero attached hydrogens (tertiary/aromatic N) is 1. The van der Waals surface area contributed by atoms with Crippen LogP contribution in [0.25, 0.3) is 0 Å². The van der Waals surface area contributed by atoms with Gasteiger partial charge in [-0.2, -0.15) is 0 Å². The summed E-state index contributed by atoms with van der Waals surface area (Å²) < 4.78 is 13.7. The Balaban J connectivity index is 2.04. The molecule has 1 aromatic rings. The van der Waals surface area contributed by atoms with Crippen LogP contribution < -0.4 is 10.2 Å². The molecule has 2 nitrogen and oxygen atoms in total. The maximum atomic E-state index is 13.7. The zero-order valence-electron chi connectivity index (χ0n) is 9.38. The molecule has 0 bridgehead atoms. The fourth-order valence-electron chi connectivity index (χ4n) is 2.91. The first-order chi connectivity index (χ1) is 7.86. The molecule has 3 heteroatoms. The SMILES string of the molecule is Fc1cccc2c1NCCC1CCCCN21. The van der Waals surface area contributed by atoms with Crippen molar-refractivity contribution in [2.75, 3.05) is 23.3 Å². The van der Waals surface area contributed by atoms with Gasteiger partial charge in [0, 0.05) is 19.1 Å². The normalized spacial score (nSPS) is 24.1. The van der Waals surface area contributed by atoms with Gasteiger partial charge in [-0.25, -0.2) is 4.39 Å². The number of nitrogens with one attached hydrogen (secondary N) is 1. The Morgan fingerprint density at radius 1 is 1.25 bits per heavy atom. The molecule has 1 unspecified atom stereocenters. The molecule has 0 aliphatic carbocycles. The van der Waals surface area contributed by atoms with Crippen LogP contribution in [-0.4, -0.2) is 19.1 Å². The topological polar surface area (TPSA) is 15.3 Å². The summed E-state index contributed by atoms with van der Waals surface area (Å²) in [6.07, 6.45) is 4.91. The fourth-order valence-corrected chi connectivity index (χ4v) is 2.91. The molecule has 1 saturated heterocycles. The van der Waals surface area contributed by atoms with Crippen LogP contribution in [0.15, 0.2) is 18.2 Å². The average Bonchev–Trinajstić information content (AvgIpc) is 2.50. The molecule has 1 fully saturated rings. The van der Waals surface area contributed by atoms with E-state index in [0.717, 1.165) is 25.2 Å². The third kappa shape index (κ3) is 1.55. The number of hydrogen-bond donors (Lipinski definition) is 1. The van der Waals surface area contributed by atoms with E-state index in [9.17, 15) is 4.39 Å². The highest BCUT2D eigenvalue weighted by Crippen LogP contribution is 2.36. The zero-order valence-corrected chi connectivity index (χ0v) is 9.38. The van der Waals surface area contributed by atoms with E-state index in [2.05, 4.69) is 10.2 Å². The first-order valence-corrected chi connectivity index (χ1v) is 6.15. The highest BCUT2D eigenvalue weighted by molar-refractivity contribution is 5.72. The Bertz CT molecular complexity index is 392. The molecule has 0 amide bonds. The lowest BCUT2D eigenvalue weighted by Crippen LogP contribution is -2.39. The third-order valence-corrected chi connectivity index (χ3v) is 3.71. The Hall–Kier alpha value is -1.25. The second-order valence-electron chi connectivity index (χ2n) is 4.69. The summed E-state index contributed by atoms with van der Waals surface area (Å²) in [5.74, 6) is -0.122. The zero-order chi connectivity index (χ0) is 11.0. The number of benzene rings is 1. The van der Waals surface area contributed by atoms with Gasteiger partial charge in [-0.3, -0.25) is 0 Å². The summed E-state index contributed by atoms with van der Waals surface area (Å²) in [4.78, 5) is 2.39. The molecule has 0 radical (unpaired) electrons. The van der Waals surface area contributed by atoms with Crippen LogP contribution in [0.5, 0.6) is 0 Å². The smallest absolute Gasteiger partial charge is 0.148 e. The molecule has 3 rings (SSSR count). The van der Waals surface area contributed by atoms with Gasteiger partial charge < -0.3 is 10.2 Å². The Kier molecular flexibility index (Phi) is 2.46. The standard InChI is InChI=1S/C13H17FN2/c14-11-5-3-6-12-13(11)15-8-7-10-4-1-2-9-16(10)12/h3,5-6,10,15H,1-2,4,7-9H2. The number of rotatable bonds is 0. The van der Waals surface area contributed by atoms with Gasteiger partial charge in [-0.05, 0) is 37.8 Å². The molecule has 0 saturated carbocycles. The fraction of sp³-hybridized carbons (Fsp3) is 0.538. The van der Waals surface area contributed by atoms with Crippen molar-refractivity contribution in [3.8, 4) is 0 Å². The molecular weight excluding hydrogens is 203 g/mol. The predicted octanol–water partition coefficient (Wildman–Crippen LogP) is 3.00. The number of anilines is 2. The highest BCUT2D eigenvalue weighted by Gasteiger charge is 2.27. The van der Waals surface area contributed by atoms with Crippen LogP contribution >= 0.6 is 0 Å². The van der Waals surface area contributed by atoms with E-state index in [4.69, 9.17) is 0 Å². The maximum Gasteiger partial charge on any atom is 0.148 e. The largest absolute Gasteiger partial charge is 0.381 e.